The summed E-state index contributed by atoms with van der Waals surface area (Å²) in [4.78, 5) is 39.0. The lowest BCUT2D eigenvalue weighted by atomic mass is 10.0. The predicted octanol–water partition coefficient (Wildman–Crippen LogP) is 2.51. The predicted molar refractivity (Wildman–Crippen MR) is 116 cm³/mol. The largest absolute Gasteiger partial charge is 0.490 e. The van der Waals surface area contributed by atoms with Crippen LogP contribution in [0.3, 0.4) is 0 Å². The van der Waals surface area contributed by atoms with Gasteiger partial charge in [0.05, 0.1) is 11.3 Å². The first kappa shape index (κ1) is 23.5. The second kappa shape index (κ2) is 9.15. The molecule has 1 heterocycles. The van der Waals surface area contributed by atoms with E-state index in [9.17, 15) is 22.8 Å². The Morgan fingerprint density at radius 2 is 1.52 bits per heavy atom. The standard InChI is InChI=1S/C20H18N4O2.C2HF3O2/c21-20(22)23-10-5-11-24-17-13-7-2-3-8-14(13)18(25)16(17)12-6-1-4-9-15(12)19(24)26;3-2(4,5)1(6)7/h1-4,6-9H,5,10-11H2,(H4,21,22,23);(H,6,7). The van der Waals surface area contributed by atoms with Crippen LogP contribution in [-0.4, -0.2) is 40.1 Å². The Bertz CT molecular complexity index is 1330. The van der Waals surface area contributed by atoms with Gasteiger partial charge in [0.2, 0.25) is 0 Å². The Kier molecular flexibility index (Phi) is 6.52. The van der Waals surface area contributed by atoms with Crippen molar-refractivity contribution in [2.75, 3.05) is 6.54 Å². The number of hydrogen-bond donors (Lipinski definition) is 3. The number of aliphatic imine (C=N–C) groups is 1. The highest BCUT2D eigenvalue weighted by Gasteiger charge is 2.38. The van der Waals surface area contributed by atoms with E-state index in [1.165, 1.54) is 0 Å². The van der Waals surface area contributed by atoms with E-state index in [0.717, 1.165) is 5.56 Å². The van der Waals surface area contributed by atoms with Crippen LogP contribution in [0.25, 0.3) is 22.0 Å². The van der Waals surface area contributed by atoms with Gasteiger partial charge in [-0.25, -0.2) is 4.79 Å². The topological polar surface area (TPSA) is 141 Å². The summed E-state index contributed by atoms with van der Waals surface area (Å²) in [5, 5.41) is 8.38. The molecule has 0 aliphatic heterocycles. The van der Waals surface area contributed by atoms with E-state index >= 15 is 0 Å². The SMILES string of the molecule is NC(N)=NCCCn1c2c(c3ccccc3c1=O)C(=O)c1ccccc1-2.O=C(O)C(F)(F)F. The fraction of sp³-hybridized carbons (Fsp3) is 0.182. The van der Waals surface area contributed by atoms with Crippen molar-refractivity contribution in [2.24, 2.45) is 16.5 Å². The van der Waals surface area contributed by atoms with Crippen LogP contribution in [0.1, 0.15) is 22.3 Å². The molecule has 0 saturated carbocycles. The highest BCUT2D eigenvalue weighted by molar-refractivity contribution is 6.26. The number of fused-ring (bicyclic) bond motifs is 5. The van der Waals surface area contributed by atoms with E-state index in [0.29, 0.717) is 47.1 Å². The molecule has 11 heteroatoms. The van der Waals surface area contributed by atoms with E-state index < -0.39 is 12.1 Å². The van der Waals surface area contributed by atoms with E-state index in [1.54, 1.807) is 16.7 Å². The number of ketones is 1. The molecule has 0 atom stereocenters. The van der Waals surface area contributed by atoms with Crippen LogP contribution in [0.5, 0.6) is 0 Å². The number of carbonyl (C=O) groups excluding carboxylic acids is 1. The van der Waals surface area contributed by atoms with Gasteiger partial charge in [0.25, 0.3) is 5.56 Å². The molecule has 0 saturated heterocycles. The molecule has 0 radical (unpaired) electrons. The molecule has 172 valence electrons. The lowest BCUT2D eigenvalue weighted by molar-refractivity contribution is -0.192. The Morgan fingerprint density at radius 1 is 0.970 bits per heavy atom. The number of alkyl halides is 3. The second-order valence-electron chi connectivity index (χ2n) is 7.06. The van der Waals surface area contributed by atoms with Crippen molar-refractivity contribution in [2.45, 2.75) is 19.1 Å². The summed E-state index contributed by atoms with van der Waals surface area (Å²) in [7, 11) is 0. The van der Waals surface area contributed by atoms with Crippen LogP contribution >= 0.6 is 0 Å². The molecule has 0 unspecified atom stereocenters. The quantitative estimate of drug-likeness (QED) is 0.243. The lowest BCUT2D eigenvalue weighted by Gasteiger charge is -2.14. The maximum absolute atomic E-state index is 13.1. The number of carboxylic acids is 1. The molecule has 0 spiro atoms. The fourth-order valence-electron chi connectivity index (χ4n) is 3.58. The van der Waals surface area contributed by atoms with Crippen LogP contribution in [0.15, 0.2) is 58.3 Å². The van der Waals surface area contributed by atoms with E-state index in [-0.39, 0.29) is 17.3 Å². The first-order valence-electron chi connectivity index (χ1n) is 9.69. The molecule has 4 rings (SSSR count). The molecule has 1 aromatic heterocycles. The molecule has 0 amide bonds. The Morgan fingerprint density at radius 3 is 2.09 bits per heavy atom. The average molecular weight is 460 g/mol. The van der Waals surface area contributed by atoms with E-state index in [1.807, 2.05) is 36.4 Å². The number of aromatic nitrogens is 1. The van der Waals surface area contributed by atoms with Crippen molar-refractivity contribution >= 4 is 28.5 Å². The molecule has 5 N–H and O–H groups in total. The second-order valence-corrected chi connectivity index (χ2v) is 7.06. The highest BCUT2D eigenvalue weighted by Crippen LogP contribution is 2.39. The van der Waals surface area contributed by atoms with Crippen molar-refractivity contribution in [1.29, 1.82) is 0 Å². The van der Waals surface area contributed by atoms with Crippen LogP contribution in [0, 0.1) is 0 Å². The van der Waals surface area contributed by atoms with Gasteiger partial charge in [-0.15, -0.1) is 0 Å². The number of halogens is 3. The lowest BCUT2D eigenvalue weighted by Crippen LogP contribution is -2.25. The van der Waals surface area contributed by atoms with Crippen molar-refractivity contribution in [3.63, 3.8) is 0 Å². The van der Waals surface area contributed by atoms with Gasteiger partial charge in [0.1, 0.15) is 0 Å². The zero-order valence-electron chi connectivity index (χ0n) is 17.1. The number of nitrogens with zero attached hydrogens (tertiary/aromatic N) is 2. The van der Waals surface area contributed by atoms with E-state index in [2.05, 4.69) is 4.99 Å². The zero-order chi connectivity index (χ0) is 24.3. The number of hydrogen-bond acceptors (Lipinski definition) is 4. The third-order valence-electron chi connectivity index (χ3n) is 4.91. The molecule has 8 nitrogen and oxygen atoms in total. The van der Waals surface area contributed by atoms with Crippen molar-refractivity contribution in [3.8, 4) is 11.3 Å². The normalized spacial score (nSPS) is 11.9. The number of nitrogens with two attached hydrogens (primary N) is 2. The number of aliphatic carboxylic acids is 1. The smallest absolute Gasteiger partial charge is 0.475 e. The van der Waals surface area contributed by atoms with Crippen LogP contribution < -0.4 is 17.0 Å². The monoisotopic (exact) mass is 460 g/mol. The van der Waals surface area contributed by atoms with Crippen molar-refractivity contribution in [3.05, 3.63) is 70.0 Å². The minimum absolute atomic E-state index is 0.0293. The first-order valence-corrected chi connectivity index (χ1v) is 9.69. The number of carbonyl (C=O) groups is 2. The van der Waals surface area contributed by atoms with Crippen LogP contribution in [-0.2, 0) is 11.3 Å². The summed E-state index contributed by atoms with van der Waals surface area (Å²) in [6, 6.07) is 14.7. The molecule has 2 aromatic carbocycles. The molecular formula is C22H19F3N4O4. The van der Waals surface area contributed by atoms with Gasteiger partial charge in [-0.2, -0.15) is 13.2 Å². The molecule has 1 aliphatic rings. The van der Waals surface area contributed by atoms with Crippen LogP contribution in [0.4, 0.5) is 13.2 Å². The summed E-state index contributed by atoms with van der Waals surface area (Å²) in [5.74, 6) is -2.76. The van der Waals surface area contributed by atoms with Gasteiger partial charge in [-0.3, -0.25) is 14.6 Å². The van der Waals surface area contributed by atoms with Crippen molar-refractivity contribution < 1.29 is 27.9 Å². The summed E-state index contributed by atoms with van der Waals surface area (Å²) in [6.07, 6.45) is -4.49. The number of benzene rings is 2. The zero-order valence-corrected chi connectivity index (χ0v) is 17.1. The molecule has 0 fully saturated rings. The van der Waals surface area contributed by atoms with Gasteiger partial charge in [-0.05, 0) is 12.5 Å². The van der Waals surface area contributed by atoms with E-state index in [4.69, 9.17) is 21.4 Å². The molecule has 1 aliphatic carbocycles. The third kappa shape index (κ3) is 4.71. The van der Waals surface area contributed by atoms with Gasteiger partial charge >= 0.3 is 12.1 Å². The maximum Gasteiger partial charge on any atom is 0.490 e. The number of carboxylic acid groups (broad SMARTS) is 1. The first-order chi connectivity index (χ1) is 15.5. The summed E-state index contributed by atoms with van der Waals surface area (Å²) >= 11 is 0. The minimum Gasteiger partial charge on any atom is -0.475 e. The maximum atomic E-state index is 13.1. The Hall–Kier alpha value is -4.15. The average Bonchev–Trinajstić information content (AvgIpc) is 3.06. The van der Waals surface area contributed by atoms with Crippen LogP contribution in [0.2, 0.25) is 0 Å². The molecule has 0 bridgehead atoms. The summed E-state index contributed by atoms with van der Waals surface area (Å²) in [6.45, 7) is 0.858. The number of guanidine groups is 1. The molecule has 33 heavy (non-hydrogen) atoms. The van der Waals surface area contributed by atoms with Gasteiger partial charge in [0.15, 0.2) is 11.7 Å². The minimum atomic E-state index is -5.08. The summed E-state index contributed by atoms with van der Waals surface area (Å²) in [5.41, 5.74) is 13.4. The summed E-state index contributed by atoms with van der Waals surface area (Å²) < 4.78 is 33.4. The fourth-order valence-corrected chi connectivity index (χ4v) is 3.58. The van der Waals surface area contributed by atoms with Gasteiger partial charge < -0.3 is 21.1 Å². The third-order valence-corrected chi connectivity index (χ3v) is 4.91. The Balaban J connectivity index is 0.000000383. The highest BCUT2D eigenvalue weighted by atomic mass is 19.4. The Labute approximate surface area is 185 Å². The number of pyridine rings is 1. The van der Waals surface area contributed by atoms with Gasteiger partial charge in [-0.1, -0.05) is 42.5 Å². The number of rotatable bonds is 4. The van der Waals surface area contributed by atoms with Gasteiger partial charge in [0, 0.05) is 35.0 Å². The van der Waals surface area contributed by atoms with Crippen molar-refractivity contribution in [1.82, 2.24) is 4.57 Å². The molecule has 3 aromatic rings. The molecular weight excluding hydrogens is 441 g/mol.